The van der Waals surface area contributed by atoms with Gasteiger partial charge in [0.05, 0.1) is 7.11 Å². The van der Waals surface area contributed by atoms with E-state index < -0.39 is 5.97 Å². The molecule has 0 spiro atoms. The second-order valence-corrected chi connectivity index (χ2v) is 7.18. The van der Waals surface area contributed by atoms with Gasteiger partial charge in [-0.1, -0.05) is 0 Å². The monoisotopic (exact) mass is 287 g/mol. The molecule has 4 aliphatic rings. The summed E-state index contributed by atoms with van der Waals surface area (Å²) in [5, 5.41) is 0. The number of nitrogens with two attached hydrogens (primary N) is 1. The maximum Gasteiger partial charge on any atom is 0.343 e. The van der Waals surface area contributed by atoms with E-state index in [9.17, 15) is 4.79 Å². The summed E-state index contributed by atoms with van der Waals surface area (Å²) in [7, 11) is 1.34. The van der Waals surface area contributed by atoms with Gasteiger partial charge in [0.15, 0.2) is 0 Å². The molecular weight excluding hydrogens is 266 g/mol. The van der Waals surface area contributed by atoms with Crippen LogP contribution in [-0.4, -0.2) is 23.0 Å². The minimum absolute atomic E-state index is 0.109. The Morgan fingerprint density at radius 2 is 1.81 bits per heavy atom. The van der Waals surface area contributed by atoms with Crippen molar-refractivity contribution in [2.24, 2.45) is 17.8 Å². The first-order valence-corrected chi connectivity index (χ1v) is 7.81. The highest BCUT2D eigenvalue weighted by molar-refractivity contribution is 5.93. The summed E-state index contributed by atoms with van der Waals surface area (Å²) >= 11 is 0. The van der Waals surface area contributed by atoms with Crippen LogP contribution in [0, 0.1) is 17.8 Å². The van der Waals surface area contributed by atoms with Gasteiger partial charge < -0.3 is 10.5 Å². The maximum atomic E-state index is 11.6. The Balaban J connectivity index is 1.70. The van der Waals surface area contributed by atoms with Gasteiger partial charge >= 0.3 is 5.97 Å². The maximum absolute atomic E-state index is 11.6. The predicted molar refractivity (Wildman–Crippen MR) is 77.6 cm³/mol. The van der Waals surface area contributed by atoms with Crippen LogP contribution >= 0.6 is 0 Å². The first kappa shape index (κ1) is 13.0. The SMILES string of the molecule is COC(=O)c1cnc(C23CC4CC(CC(C4)C2)C3)nc1N. The Morgan fingerprint density at radius 1 is 1.24 bits per heavy atom. The van der Waals surface area contributed by atoms with Crippen molar-refractivity contribution in [1.82, 2.24) is 9.97 Å². The zero-order valence-electron chi connectivity index (χ0n) is 12.3. The molecule has 0 saturated heterocycles. The summed E-state index contributed by atoms with van der Waals surface area (Å²) in [6.45, 7) is 0. The zero-order valence-corrected chi connectivity index (χ0v) is 12.3. The van der Waals surface area contributed by atoms with Crippen LogP contribution in [0.1, 0.15) is 54.7 Å². The van der Waals surface area contributed by atoms with Gasteiger partial charge in [-0.2, -0.15) is 0 Å². The van der Waals surface area contributed by atoms with Gasteiger partial charge in [0.1, 0.15) is 17.2 Å². The zero-order chi connectivity index (χ0) is 14.6. The van der Waals surface area contributed by atoms with Crippen molar-refractivity contribution in [3.8, 4) is 0 Å². The molecule has 4 aliphatic carbocycles. The normalized spacial score (nSPS) is 36.7. The number of hydrogen-bond acceptors (Lipinski definition) is 5. The lowest BCUT2D eigenvalue weighted by molar-refractivity contribution is -0.00937. The van der Waals surface area contributed by atoms with E-state index in [0.717, 1.165) is 23.6 Å². The standard InChI is InChI=1S/C16H21N3O2/c1-21-14(20)12-8-18-15(19-13(12)17)16-5-9-2-10(6-16)4-11(3-9)7-16/h8-11H,2-7H2,1H3,(H2,17,18,19). The molecule has 21 heavy (non-hydrogen) atoms. The van der Waals surface area contributed by atoms with E-state index in [0.29, 0.717) is 0 Å². The fourth-order valence-electron chi connectivity index (χ4n) is 5.30. The molecule has 1 aromatic heterocycles. The molecule has 1 aromatic rings. The third-order valence-corrected chi connectivity index (χ3v) is 5.74. The highest BCUT2D eigenvalue weighted by Gasteiger charge is 2.53. The minimum atomic E-state index is -0.468. The van der Waals surface area contributed by atoms with Gasteiger partial charge in [0.2, 0.25) is 0 Å². The minimum Gasteiger partial charge on any atom is -0.465 e. The van der Waals surface area contributed by atoms with E-state index in [4.69, 9.17) is 10.5 Å². The summed E-state index contributed by atoms with van der Waals surface area (Å²) in [4.78, 5) is 20.6. The number of hydrogen-bond donors (Lipinski definition) is 1. The Labute approximate surface area is 124 Å². The molecule has 4 fully saturated rings. The van der Waals surface area contributed by atoms with Gasteiger partial charge in [0.25, 0.3) is 0 Å². The van der Waals surface area contributed by atoms with Gasteiger partial charge in [-0.3, -0.25) is 0 Å². The Kier molecular flexibility index (Phi) is 2.75. The van der Waals surface area contributed by atoms with E-state index in [1.807, 2.05) is 0 Å². The highest BCUT2D eigenvalue weighted by Crippen LogP contribution is 2.60. The van der Waals surface area contributed by atoms with Crippen LogP contribution in [-0.2, 0) is 10.2 Å². The van der Waals surface area contributed by atoms with Crippen LogP contribution in [0.2, 0.25) is 0 Å². The molecule has 0 aromatic carbocycles. The molecule has 0 aliphatic heterocycles. The van der Waals surface area contributed by atoms with Gasteiger partial charge in [-0.25, -0.2) is 14.8 Å². The van der Waals surface area contributed by atoms with Crippen LogP contribution < -0.4 is 5.73 Å². The molecule has 5 heteroatoms. The van der Waals surface area contributed by atoms with Crippen molar-refractivity contribution < 1.29 is 9.53 Å². The topological polar surface area (TPSA) is 78.1 Å². The summed E-state index contributed by atoms with van der Waals surface area (Å²) in [5.41, 5.74) is 6.34. The number of carbonyl (C=O) groups excluding carboxylic acids is 1. The number of ether oxygens (including phenoxy) is 1. The van der Waals surface area contributed by atoms with Crippen molar-refractivity contribution in [1.29, 1.82) is 0 Å². The van der Waals surface area contributed by atoms with E-state index in [2.05, 4.69) is 9.97 Å². The van der Waals surface area contributed by atoms with Crippen LogP contribution in [0.15, 0.2) is 6.20 Å². The molecule has 4 bridgehead atoms. The third kappa shape index (κ3) is 1.93. The number of methoxy groups -OCH3 is 1. The molecule has 2 N–H and O–H groups in total. The average Bonchev–Trinajstić information content (AvgIpc) is 2.45. The number of aromatic nitrogens is 2. The second kappa shape index (κ2) is 4.42. The van der Waals surface area contributed by atoms with Crippen molar-refractivity contribution in [2.45, 2.75) is 43.9 Å². The van der Waals surface area contributed by atoms with Crippen molar-refractivity contribution in [3.05, 3.63) is 17.6 Å². The molecule has 0 atom stereocenters. The molecule has 1 heterocycles. The van der Waals surface area contributed by atoms with E-state index in [1.54, 1.807) is 6.20 Å². The Morgan fingerprint density at radius 3 is 2.29 bits per heavy atom. The quantitative estimate of drug-likeness (QED) is 0.844. The Bertz CT molecular complexity index is 564. The summed E-state index contributed by atoms with van der Waals surface area (Å²) < 4.78 is 4.71. The Hall–Kier alpha value is -1.65. The number of carbonyl (C=O) groups is 1. The first-order chi connectivity index (χ1) is 10.1. The summed E-state index contributed by atoms with van der Waals surface area (Å²) in [6, 6.07) is 0. The van der Waals surface area contributed by atoms with Crippen molar-refractivity contribution >= 4 is 11.8 Å². The van der Waals surface area contributed by atoms with E-state index in [-0.39, 0.29) is 16.8 Å². The average molecular weight is 287 g/mol. The predicted octanol–water partition coefficient (Wildman–Crippen LogP) is 2.31. The number of nitrogens with zero attached hydrogens (tertiary/aromatic N) is 2. The van der Waals surface area contributed by atoms with E-state index >= 15 is 0 Å². The highest BCUT2D eigenvalue weighted by atomic mass is 16.5. The lowest BCUT2D eigenvalue weighted by Crippen LogP contribution is -2.49. The van der Waals surface area contributed by atoms with Crippen molar-refractivity contribution in [2.75, 3.05) is 12.8 Å². The number of nitrogen functional groups attached to an aromatic ring is 1. The molecule has 5 rings (SSSR count). The lowest BCUT2D eigenvalue weighted by Gasteiger charge is -2.55. The molecular formula is C16H21N3O2. The fraction of sp³-hybridized carbons (Fsp3) is 0.688. The number of rotatable bonds is 2. The molecule has 112 valence electrons. The summed E-state index contributed by atoms with van der Waals surface area (Å²) in [5.74, 6) is 3.14. The van der Waals surface area contributed by atoms with Gasteiger partial charge in [-0.15, -0.1) is 0 Å². The van der Waals surface area contributed by atoms with Crippen LogP contribution in [0.3, 0.4) is 0 Å². The van der Waals surface area contributed by atoms with Crippen molar-refractivity contribution in [3.63, 3.8) is 0 Å². The largest absolute Gasteiger partial charge is 0.465 e. The number of esters is 1. The van der Waals surface area contributed by atoms with E-state index in [1.165, 1.54) is 45.6 Å². The summed E-state index contributed by atoms with van der Waals surface area (Å²) in [6.07, 6.45) is 9.27. The van der Waals surface area contributed by atoms with Crippen LogP contribution in [0.25, 0.3) is 0 Å². The van der Waals surface area contributed by atoms with Crippen LogP contribution in [0.5, 0.6) is 0 Å². The molecule has 0 unspecified atom stereocenters. The second-order valence-electron chi connectivity index (χ2n) is 7.18. The smallest absolute Gasteiger partial charge is 0.343 e. The van der Waals surface area contributed by atoms with Gasteiger partial charge in [-0.05, 0) is 56.3 Å². The molecule has 4 saturated carbocycles. The molecule has 5 nitrogen and oxygen atoms in total. The van der Waals surface area contributed by atoms with Gasteiger partial charge in [0, 0.05) is 11.6 Å². The van der Waals surface area contributed by atoms with Crippen LogP contribution in [0.4, 0.5) is 5.82 Å². The molecule has 0 radical (unpaired) electrons. The lowest BCUT2D eigenvalue weighted by atomic mass is 9.49. The third-order valence-electron chi connectivity index (χ3n) is 5.74. The fourth-order valence-corrected chi connectivity index (χ4v) is 5.30. The first-order valence-electron chi connectivity index (χ1n) is 7.81. The molecule has 0 amide bonds. The number of anilines is 1.